The van der Waals surface area contributed by atoms with E-state index in [9.17, 15) is 9.90 Å². The van der Waals surface area contributed by atoms with E-state index in [2.05, 4.69) is 27.7 Å². The summed E-state index contributed by atoms with van der Waals surface area (Å²) in [7, 11) is 1.56. The third kappa shape index (κ3) is 3.37. The van der Waals surface area contributed by atoms with E-state index >= 15 is 0 Å². The van der Waals surface area contributed by atoms with E-state index in [0.29, 0.717) is 40.9 Å². The van der Waals surface area contributed by atoms with Crippen LogP contribution in [-0.2, 0) is 0 Å². The summed E-state index contributed by atoms with van der Waals surface area (Å²) in [5, 5.41) is 9.91. The Morgan fingerprint density at radius 1 is 1.19 bits per heavy atom. The van der Waals surface area contributed by atoms with Crippen molar-refractivity contribution in [3.05, 3.63) is 23.8 Å². The van der Waals surface area contributed by atoms with Crippen LogP contribution in [0.25, 0.3) is 0 Å². The first-order valence-corrected chi connectivity index (χ1v) is 10.1. The number of carbonyl (C=O) groups excluding carboxylic acids is 1. The number of rotatable bonds is 4. The minimum absolute atomic E-state index is 0.0901. The second kappa shape index (κ2) is 6.90. The Labute approximate surface area is 158 Å². The molecule has 3 rings (SSSR count). The van der Waals surface area contributed by atoms with Gasteiger partial charge in [0.2, 0.25) is 0 Å². The van der Waals surface area contributed by atoms with E-state index in [0.717, 1.165) is 0 Å². The molecule has 0 bridgehead atoms. The number of phenols is 1. The van der Waals surface area contributed by atoms with Crippen LogP contribution in [0.2, 0.25) is 0 Å². The van der Waals surface area contributed by atoms with Crippen molar-refractivity contribution in [2.24, 2.45) is 28.6 Å². The number of hydrogen-bond acceptors (Lipinski definition) is 3. The molecule has 0 radical (unpaired) electrons. The van der Waals surface area contributed by atoms with Gasteiger partial charge in [-0.15, -0.1) is 0 Å². The highest BCUT2D eigenvalue weighted by Crippen LogP contribution is 2.61. The molecule has 2 aliphatic rings. The van der Waals surface area contributed by atoms with Gasteiger partial charge >= 0.3 is 0 Å². The van der Waals surface area contributed by atoms with Crippen molar-refractivity contribution in [3.8, 4) is 11.5 Å². The molecule has 0 aliphatic heterocycles. The molecular formula is C23H34O3. The molecule has 3 nitrogen and oxygen atoms in total. The number of Topliss-reactive ketones (excluding diaryl/α,β-unsaturated/α-hetero) is 1. The van der Waals surface area contributed by atoms with Crippen LogP contribution < -0.4 is 4.74 Å². The molecule has 144 valence electrons. The van der Waals surface area contributed by atoms with Crippen molar-refractivity contribution < 1.29 is 14.6 Å². The lowest BCUT2D eigenvalue weighted by Crippen LogP contribution is -2.51. The molecule has 26 heavy (non-hydrogen) atoms. The van der Waals surface area contributed by atoms with Gasteiger partial charge in [-0.2, -0.15) is 0 Å². The predicted molar refractivity (Wildman–Crippen MR) is 105 cm³/mol. The number of fused-ring (bicyclic) bond motifs is 1. The second-order valence-corrected chi connectivity index (χ2v) is 9.61. The molecular weight excluding hydrogens is 324 g/mol. The fourth-order valence-electron chi connectivity index (χ4n) is 6.23. The molecule has 0 spiro atoms. The molecule has 2 aliphatic carbocycles. The number of methoxy groups -OCH3 is 1. The molecule has 3 heteroatoms. The van der Waals surface area contributed by atoms with Crippen LogP contribution in [0, 0.1) is 28.6 Å². The van der Waals surface area contributed by atoms with Gasteiger partial charge in [-0.1, -0.05) is 40.5 Å². The van der Waals surface area contributed by atoms with Crippen molar-refractivity contribution in [2.75, 3.05) is 7.11 Å². The first-order chi connectivity index (χ1) is 12.2. The molecule has 0 saturated heterocycles. The second-order valence-electron chi connectivity index (χ2n) is 9.61. The van der Waals surface area contributed by atoms with Crippen molar-refractivity contribution in [2.45, 2.75) is 66.2 Å². The van der Waals surface area contributed by atoms with Crippen LogP contribution in [-0.4, -0.2) is 18.0 Å². The number of ether oxygens (including phenoxy) is 1. The summed E-state index contributed by atoms with van der Waals surface area (Å²) in [6.07, 6.45) is 6.85. The van der Waals surface area contributed by atoms with E-state index in [4.69, 9.17) is 4.74 Å². The van der Waals surface area contributed by atoms with E-state index < -0.39 is 0 Å². The average molecular weight is 359 g/mol. The standard InChI is InChI=1S/C23H34O3/c1-15-7-8-21-22(2,3)9-6-10-23(21,4)19(15)14-20(25)16-11-17(24)13-18(12-16)26-5/h11-13,15,19,21,24H,6-10,14H2,1-5H3/t15-,19?,21-,23+/m0/s1. The molecule has 1 aromatic rings. The zero-order chi connectivity index (χ0) is 19.1. The number of hydrogen-bond donors (Lipinski definition) is 1. The van der Waals surface area contributed by atoms with Crippen LogP contribution in [0.15, 0.2) is 18.2 Å². The quantitative estimate of drug-likeness (QED) is 0.687. The first kappa shape index (κ1) is 19.3. The zero-order valence-electron chi connectivity index (χ0n) is 17.0. The molecule has 4 atom stereocenters. The van der Waals surface area contributed by atoms with E-state index in [1.165, 1.54) is 32.1 Å². The smallest absolute Gasteiger partial charge is 0.163 e. The Bertz CT molecular complexity index is 678. The number of ketones is 1. The number of benzene rings is 1. The largest absolute Gasteiger partial charge is 0.508 e. The molecule has 0 aromatic heterocycles. The number of phenolic OH excluding ortho intramolecular Hbond substituents is 1. The molecule has 2 saturated carbocycles. The topological polar surface area (TPSA) is 46.5 Å². The van der Waals surface area contributed by atoms with Gasteiger partial charge in [0.15, 0.2) is 5.78 Å². The molecule has 1 unspecified atom stereocenters. The number of carbonyl (C=O) groups is 1. The van der Waals surface area contributed by atoms with Crippen LogP contribution >= 0.6 is 0 Å². The van der Waals surface area contributed by atoms with Gasteiger partial charge in [-0.25, -0.2) is 0 Å². The van der Waals surface area contributed by atoms with Crippen LogP contribution in [0.5, 0.6) is 11.5 Å². The van der Waals surface area contributed by atoms with E-state index in [1.54, 1.807) is 25.3 Å². The maximum atomic E-state index is 13.1. The summed E-state index contributed by atoms with van der Waals surface area (Å²) in [6, 6.07) is 4.87. The Balaban J connectivity index is 1.87. The Kier molecular flexibility index (Phi) is 5.11. The predicted octanol–water partition coefficient (Wildman–Crippen LogP) is 5.85. The summed E-state index contributed by atoms with van der Waals surface area (Å²) >= 11 is 0. The fourth-order valence-corrected chi connectivity index (χ4v) is 6.23. The summed E-state index contributed by atoms with van der Waals surface area (Å²) in [6.45, 7) is 9.60. The molecule has 1 aromatic carbocycles. The Morgan fingerprint density at radius 3 is 2.62 bits per heavy atom. The third-order valence-corrected chi connectivity index (χ3v) is 7.57. The zero-order valence-corrected chi connectivity index (χ0v) is 17.0. The minimum Gasteiger partial charge on any atom is -0.508 e. The first-order valence-electron chi connectivity index (χ1n) is 10.1. The Morgan fingerprint density at radius 2 is 1.92 bits per heavy atom. The van der Waals surface area contributed by atoms with Gasteiger partial charge in [0.05, 0.1) is 7.11 Å². The Hall–Kier alpha value is -1.51. The summed E-state index contributed by atoms with van der Waals surface area (Å²) in [5.74, 6) is 2.41. The number of aromatic hydroxyl groups is 1. The molecule has 0 amide bonds. The highest BCUT2D eigenvalue weighted by molar-refractivity contribution is 5.97. The van der Waals surface area contributed by atoms with Crippen molar-refractivity contribution in [1.82, 2.24) is 0 Å². The average Bonchev–Trinajstić information content (AvgIpc) is 2.56. The highest BCUT2D eigenvalue weighted by Gasteiger charge is 2.53. The van der Waals surface area contributed by atoms with Crippen LogP contribution in [0.3, 0.4) is 0 Å². The molecule has 2 fully saturated rings. The summed E-state index contributed by atoms with van der Waals surface area (Å²) in [5.41, 5.74) is 1.16. The van der Waals surface area contributed by atoms with Crippen molar-refractivity contribution in [1.29, 1.82) is 0 Å². The maximum absolute atomic E-state index is 13.1. The van der Waals surface area contributed by atoms with E-state index in [1.807, 2.05) is 0 Å². The highest BCUT2D eigenvalue weighted by atomic mass is 16.5. The van der Waals surface area contributed by atoms with Gasteiger partial charge in [0, 0.05) is 18.1 Å². The third-order valence-electron chi connectivity index (χ3n) is 7.57. The van der Waals surface area contributed by atoms with Gasteiger partial charge in [-0.05, 0) is 60.0 Å². The summed E-state index contributed by atoms with van der Waals surface area (Å²) in [4.78, 5) is 13.1. The molecule has 0 heterocycles. The van der Waals surface area contributed by atoms with Crippen LogP contribution in [0.4, 0.5) is 0 Å². The van der Waals surface area contributed by atoms with Gasteiger partial charge in [-0.3, -0.25) is 4.79 Å². The summed E-state index contributed by atoms with van der Waals surface area (Å²) < 4.78 is 5.22. The SMILES string of the molecule is COc1cc(O)cc(C(=O)CC2[C@@H](C)CC[C@H]3C(C)(C)CCC[C@]23C)c1. The normalized spacial score (nSPS) is 33.3. The molecule has 1 N–H and O–H groups in total. The van der Waals surface area contributed by atoms with Crippen molar-refractivity contribution in [3.63, 3.8) is 0 Å². The lowest BCUT2D eigenvalue weighted by molar-refractivity contribution is -0.0927. The lowest BCUT2D eigenvalue weighted by Gasteiger charge is -2.59. The van der Waals surface area contributed by atoms with Crippen molar-refractivity contribution >= 4 is 5.78 Å². The van der Waals surface area contributed by atoms with Crippen LogP contribution in [0.1, 0.15) is 76.6 Å². The van der Waals surface area contributed by atoms with Gasteiger partial charge in [0.25, 0.3) is 0 Å². The fraction of sp³-hybridized carbons (Fsp3) is 0.696. The van der Waals surface area contributed by atoms with Gasteiger partial charge < -0.3 is 9.84 Å². The van der Waals surface area contributed by atoms with Gasteiger partial charge in [0.1, 0.15) is 11.5 Å². The minimum atomic E-state index is 0.0901. The van der Waals surface area contributed by atoms with E-state index in [-0.39, 0.29) is 16.9 Å². The maximum Gasteiger partial charge on any atom is 0.163 e. The monoisotopic (exact) mass is 358 g/mol. The lowest BCUT2D eigenvalue weighted by atomic mass is 9.46.